The van der Waals surface area contributed by atoms with Crippen LogP contribution >= 0.6 is 0 Å². The molecule has 0 nitrogen and oxygen atoms in total. The zero-order valence-electron chi connectivity index (χ0n) is 6.52. The van der Waals surface area contributed by atoms with Crippen molar-refractivity contribution in [2.24, 2.45) is 0 Å². The summed E-state index contributed by atoms with van der Waals surface area (Å²) in [6.45, 7) is 7.16. The van der Waals surface area contributed by atoms with E-state index in [1.165, 1.54) is 13.0 Å². The minimum atomic E-state index is -0.180. The molecule has 0 aromatic carbocycles. The van der Waals surface area contributed by atoms with Crippen LogP contribution < -0.4 is 0 Å². The molecular weight excluding hydrogens is 127 g/mol. The first kappa shape index (κ1) is 9.15. The summed E-state index contributed by atoms with van der Waals surface area (Å²) in [6, 6.07) is 0. The first-order chi connectivity index (χ1) is 4.66. The molecule has 10 heavy (non-hydrogen) atoms. The van der Waals surface area contributed by atoms with Crippen LogP contribution in [0.15, 0.2) is 36.2 Å². The maximum Gasteiger partial charge on any atom is 0.0968 e. The van der Waals surface area contributed by atoms with Crippen molar-refractivity contribution < 1.29 is 4.39 Å². The van der Waals surface area contributed by atoms with Gasteiger partial charge >= 0.3 is 0 Å². The van der Waals surface area contributed by atoms with Gasteiger partial charge in [-0.1, -0.05) is 31.2 Å². The molecule has 0 spiro atoms. The van der Waals surface area contributed by atoms with Crippen molar-refractivity contribution in [1.29, 1.82) is 0 Å². The molecule has 0 radical (unpaired) electrons. The Morgan fingerprint density at radius 2 is 2.20 bits per heavy atom. The normalized spacial score (nSPS) is 12.5. The van der Waals surface area contributed by atoms with Crippen molar-refractivity contribution in [1.82, 2.24) is 0 Å². The molecular formula is C9H13F. The summed E-state index contributed by atoms with van der Waals surface area (Å²) in [5.74, 6) is -0.180. The van der Waals surface area contributed by atoms with Crippen molar-refractivity contribution >= 4 is 0 Å². The second kappa shape index (κ2) is 4.98. The van der Waals surface area contributed by atoms with E-state index < -0.39 is 0 Å². The Balaban J connectivity index is 3.77. The highest BCUT2D eigenvalue weighted by molar-refractivity contribution is 5.19. The summed E-state index contributed by atoms with van der Waals surface area (Å²) in [4.78, 5) is 0. The van der Waals surface area contributed by atoms with Gasteiger partial charge < -0.3 is 0 Å². The molecule has 0 aliphatic rings. The molecule has 0 saturated carbocycles. The van der Waals surface area contributed by atoms with E-state index in [9.17, 15) is 4.39 Å². The van der Waals surface area contributed by atoms with Crippen LogP contribution in [-0.2, 0) is 0 Å². The molecule has 0 bridgehead atoms. The highest BCUT2D eigenvalue weighted by Crippen LogP contribution is 1.99. The second-order valence-corrected chi connectivity index (χ2v) is 2.12. The highest BCUT2D eigenvalue weighted by atomic mass is 19.1. The van der Waals surface area contributed by atoms with Crippen molar-refractivity contribution in [3.8, 4) is 0 Å². The van der Waals surface area contributed by atoms with Gasteiger partial charge in [0.25, 0.3) is 0 Å². The van der Waals surface area contributed by atoms with Crippen molar-refractivity contribution in [3.05, 3.63) is 36.2 Å². The van der Waals surface area contributed by atoms with E-state index in [1.54, 1.807) is 6.08 Å². The van der Waals surface area contributed by atoms with E-state index in [4.69, 9.17) is 0 Å². The number of hydrogen-bond acceptors (Lipinski definition) is 0. The molecule has 0 saturated heterocycles. The molecule has 0 aromatic heterocycles. The third-order valence-electron chi connectivity index (χ3n) is 1.11. The predicted octanol–water partition coefficient (Wildman–Crippen LogP) is 3.38. The lowest BCUT2D eigenvalue weighted by Gasteiger charge is -1.87. The largest absolute Gasteiger partial charge is 0.212 e. The Morgan fingerprint density at radius 3 is 2.60 bits per heavy atom. The molecule has 0 rings (SSSR count). The van der Waals surface area contributed by atoms with Gasteiger partial charge in [0.15, 0.2) is 0 Å². The smallest absolute Gasteiger partial charge is 0.0968 e. The fourth-order valence-corrected chi connectivity index (χ4v) is 0.435. The van der Waals surface area contributed by atoms with E-state index >= 15 is 0 Å². The lowest BCUT2D eigenvalue weighted by Crippen LogP contribution is -1.67. The van der Waals surface area contributed by atoms with Crippen LogP contribution in [-0.4, -0.2) is 0 Å². The van der Waals surface area contributed by atoms with Crippen molar-refractivity contribution in [2.75, 3.05) is 0 Å². The maximum absolute atomic E-state index is 12.0. The van der Waals surface area contributed by atoms with Gasteiger partial charge in [-0.3, -0.25) is 0 Å². The molecule has 1 heteroatoms. The first-order valence-electron chi connectivity index (χ1n) is 3.35. The first-order valence-corrected chi connectivity index (χ1v) is 3.35. The summed E-state index contributed by atoms with van der Waals surface area (Å²) < 4.78 is 12.0. The standard InChI is InChI=1S/C9H13F/c1-4-8(2)6-5-7-9(3)10/h5-7H,2,4H2,1,3H3/b6-5-,9-7+. The van der Waals surface area contributed by atoms with E-state index in [0.717, 1.165) is 12.0 Å². The van der Waals surface area contributed by atoms with E-state index in [2.05, 4.69) is 6.58 Å². The Kier molecular flexibility index (Phi) is 4.55. The van der Waals surface area contributed by atoms with Crippen LogP contribution in [0, 0.1) is 0 Å². The van der Waals surface area contributed by atoms with Gasteiger partial charge in [0.2, 0.25) is 0 Å². The van der Waals surface area contributed by atoms with Gasteiger partial charge in [0.05, 0.1) is 5.83 Å². The topological polar surface area (TPSA) is 0 Å². The predicted molar refractivity (Wildman–Crippen MR) is 43.4 cm³/mol. The maximum atomic E-state index is 12.0. The molecule has 0 fully saturated rings. The SMILES string of the molecule is C=C(/C=C\C=C(/C)F)CC. The van der Waals surface area contributed by atoms with Gasteiger partial charge in [0, 0.05) is 0 Å². The third kappa shape index (κ3) is 5.29. The van der Waals surface area contributed by atoms with Crippen LogP contribution in [0.2, 0.25) is 0 Å². The van der Waals surface area contributed by atoms with Gasteiger partial charge in [0.1, 0.15) is 0 Å². The summed E-state index contributed by atoms with van der Waals surface area (Å²) in [5.41, 5.74) is 1.01. The zero-order chi connectivity index (χ0) is 7.98. The van der Waals surface area contributed by atoms with Crippen molar-refractivity contribution in [3.63, 3.8) is 0 Å². The van der Waals surface area contributed by atoms with Crippen LogP contribution in [0.1, 0.15) is 20.3 Å². The summed E-state index contributed by atoms with van der Waals surface area (Å²) in [7, 11) is 0. The van der Waals surface area contributed by atoms with Crippen molar-refractivity contribution in [2.45, 2.75) is 20.3 Å². The molecule has 0 amide bonds. The summed E-state index contributed by atoms with van der Waals surface area (Å²) in [5, 5.41) is 0. The Hall–Kier alpha value is -0.850. The molecule has 0 aromatic rings. The lowest BCUT2D eigenvalue weighted by molar-refractivity contribution is 0.640. The average Bonchev–Trinajstić information content (AvgIpc) is 1.87. The molecule has 0 aliphatic carbocycles. The van der Waals surface area contributed by atoms with Gasteiger partial charge in [-0.15, -0.1) is 0 Å². The second-order valence-electron chi connectivity index (χ2n) is 2.12. The van der Waals surface area contributed by atoms with Gasteiger partial charge in [-0.05, 0) is 19.4 Å². The molecule has 0 heterocycles. The number of allylic oxidation sites excluding steroid dienone is 5. The molecule has 0 N–H and O–H groups in total. The van der Waals surface area contributed by atoms with Gasteiger partial charge in [-0.2, -0.15) is 0 Å². The highest BCUT2D eigenvalue weighted by Gasteiger charge is 1.79. The van der Waals surface area contributed by atoms with Crippen LogP contribution in [0.5, 0.6) is 0 Å². The summed E-state index contributed by atoms with van der Waals surface area (Å²) in [6.07, 6.45) is 5.81. The molecule has 0 aliphatic heterocycles. The minimum absolute atomic E-state index is 0.180. The zero-order valence-corrected chi connectivity index (χ0v) is 6.52. The van der Waals surface area contributed by atoms with Crippen LogP contribution in [0.4, 0.5) is 4.39 Å². The van der Waals surface area contributed by atoms with Gasteiger partial charge in [-0.25, -0.2) is 4.39 Å². The summed E-state index contributed by atoms with van der Waals surface area (Å²) >= 11 is 0. The Bertz CT molecular complexity index is 160. The average molecular weight is 140 g/mol. The molecule has 56 valence electrons. The number of halogens is 1. The minimum Gasteiger partial charge on any atom is -0.212 e. The third-order valence-corrected chi connectivity index (χ3v) is 1.11. The molecule has 0 atom stereocenters. The quantitative estimate of drug-likeness (QED) is 0.527. The lowest BCUT2D eigenvalue weighted by atomic mass is 10.2. The van der Waals surface area contributed by atoms with Crippen LogP contribution in [0.25, 0.3) is 0 Å². The molecule has 0 unspecified atom stereocenters. The van der Waals surface area contributed by atoms with E-state index in [-0.39, 0.29) is 5.83 Å². The van der Waals surface area contributed by atoms with E-state index in [1.807, 2.05) is 13.0 Å². The van der Waals surface area contributed by atoms with E-state index in [0.29, 0.717) is 0 Å². The Labute approximate surface area is 61.8 Å². The fourth-order valence-electron chi connectivity index (χ4n) is 0.435. The monoisotopic (exact) mass is 140 g/mol. The number of rotatable bonds is 3. The fraction of sp³-hybridized carbons (Fsp3) is 0.333. The Morgan fingerprint density at radius 1 is 1.60 bits per heavy atom. The van der Waals surface area contributed by atoms with Crippen LogP contribution in [0.3, 0.4) is 0 Å². The number of hydrogen-bond donors (Lipinski definition) is 0.